The molecule has 0 aliphatic carbocycles. The first-order valence-electron chi connectivity index (χ1n) is 10.1. The molecule has 140 valence electrons. The smallest absolute Gasteiger partial charge is 0.133 e. The average molecular weight is 369 g/mol. The van der Waals surface area contributed by atoms with Crippen LogP contribution in [0.1, 0.15) is 35.6 Å². The SMILES string of the molecule is C[C@H]1CC(c2ccccc2)=C(F)[C@@]2(c3ccccc3)c3ccccc3CCN12. The molecular weight excluding hydrogens is 345 g/mol. The van der Waals surface area contributed by atoms with E-state index < -0.39 is 5.54 Å². The molecule has 0 N–H and O–H groups in total. The Bertz CT molecular complexity index is 1020. The summed E-state index contributed by atoms with van der Waals surface area (Å²) in [5.41, 5.74) is 4.33. The van der Waals surface area contributed by atoms with Gasteiger partial charge in [-0.1, -0.05) is 84.9 Å². The van der Waals surface area contributed by atoms with E-state index in [0.29, 0.717) is 0 Å². The van der Waals surface area contributed by atoms with Gasteiger partial charge in [0.2, 0.25) is 0 Å². The van der Waals surface area contributed by atoms with Crippen molar-refractivity contribution in [3.63, 3.8) is 0 Å². The summed E-state index contributed by atoms with van der Waals surface area (Å²) in [7, 11) is 0. The van der Waals surface area contributed by atoms with Gasteiger partial charge in [0.1, 0.15) is 11.4 Å². The maximum absolute atomic E-state index is 16.7. The first-order chi connectivity index (χ1) is 13.7. The van der Waals surface area contributed by atoms with Crippen molar-refractivity contribution in [3.8, 4) is 0 Å². The van der Waals surface area contributed by atoms with E-state index in [1.807, 2.05) is 54.6 Å². The van der Waals surface area contributed by atoms with Gasteiger partial charge in [-0.05, 0) is 47.6 Å². The van der Waals surface area contributed by atoms with Gasteiger partial charge in [0.15, 0.2) is 0 Å². The number of benzene rings is 3. The highest BCUT2D eigenvalue weighted by Gasteiger charge is 2.53. The molecule has 2 aliphatic rings. The molecule has 1 nitrogen and oxygen atoms in total. The highest BCUT2D eigenvalue weighted by molar-refractivity contribution is 5.74. The Morgan fingerprint density at radius 1 is 0.857 bits per heavy atom. The molecule has 0 amide bonds. The third-order valence-corrected chi connectivity index (χ3v) is 6.39. The van der Waals surface area contributed by atoms with Gasteiger partial charge in [0, 0.05) is 12.6 Å². The van der Waals surface area contributed by atoms with E-state index in [4.69, 9.17) is 0 Å². The summed E-state index contributed by atoms with van der Waals surface area (Å²) < 4.78 is 16.7. The summed E-state index contributed by atoms with van der Waals surface area (Å²) in [6, 6.07) is 28.9. The second kappa shape index (κ2) is 6.72. The number of halogens is 1. The van der Waals surface area contributed by atoms with Crippen LogP contribution in [0.2, 0.25) is 0 Å². The molecule has 0 fully saturated rings. The van der Waals surface area contributed by atoms with Gasteiger partial charge in [0.25, 0.3) is 0 Å². The van der Waals surface area contributed by atoms with Crippen molar-refractivity contribution in [1.29, 1.82) is 0 Å². The molecule has 5 rings (SSSR count). The summed E-state index contributed by atoms with van der Waals surface area (Å²) in [5, 5.41) is 0. The van der Waals surface area contributed by atoms with Crippen LogP contribution >= 0.6 is 0 Å². The lowest BCUT2D eigenvalue weighted by atomic mass is 9.69. The monoisotopic (exact) mass is 369 g/mol. The van der Waals surface area contributed by atoms with E-state index in [0.717, 1.165) is 41.6 Å². The largest absolute Gasteiger partial charge is 0.281 e. The van der Waals surface area contributed by atoms with Crippen LogP contribution in [-0.4, -0.2) is 17.5 Å². The molecule has 0 unspecified atom stereocenters. The van der Waals surface area contributed by atoms with E-state index in [2.05, 4.69) is 42.2 Å². The molecule has 0 saturated carbocycles. The average Bonchev–Trinajstić information content (AvgIpc) is 2.76. The van der Waals surface area contributed by atoms with Crippen molar-refractivity contribution in [3.05, 3.63) is 113 Å². The summed E-state index contributed by atoms with van der Waals surface area (Å²) in [6.45, 7) is 3.10. The molecule has 2 aliphatic heterocycles. The normalized spacial score (nSPS) is 24.6. The Labute approximate surface area is 166 Å². The molecule has 0 bridgehead atoms. The summed E-state index contributed by atoms with van der Waals surface area (Å²) in [6.07, 6.45) is 1.69. The topological polar surface area (TPSA) is 3.24 Å². The van der Waals surface area contributed by atoms with Crippen molar-refractivity contribution in [2.75, 3.05) is 6.54 Å². The van der Waals surface area contributed by atoms with Gasteiger partial charge in [-0.3, -0.25) is 4.90 Å². The molecular formula is C26H24FN. The standard InChI is InChI=1S/C26H24FN/c1-19-18-23(20-10-4-2-5-11-20)25(27)26(22-13-6-3-7-14-22)24-15-9-8-12-21(24)16-17-28(19)26/h2-15,19H,16-18H2,1H3/t19-,26+/m0/s1. The molecule has 28 heavy (non-hydrogen) atoms. The molecule has 2 heterocycles. The zero-order chi connectivity index (χ0) is 19.1. The maximum atomic E-state index is 16.7. The molecule has 0 saturated heterocycles. The number of fused-ring (bicyclic) bond motifs is 3. The van der Waals surface area contributed by atoms with E-state index in [1.54, 1.807) is 0 Å². The Balaban J connectivity index is 1.87. The number of nitrogens with zero attached hydrogens (tertiary/aromatic N) is 1. The third-order valence-electron chi connectivity index (χ3n) is 6.39. The van der Waals surface area contributed by atoms with Crippen molar-refractivity contribution in [2.45, 2.75) is 31.3 Å². The first kappa shape index (κ1) is 17.4. The maximum Gasteiger partial charge on any atom is 0.133 e. The van der Waals surface area contributed by atoms with Crippen molar-refractivity contribution < 1.29 is 4.39 Å². The predicted octanol–water partition coefficient (Wildman–Crippen LogP) is 5.96. The predicted molar refractivity (Wildman–Crippen MR) is 113 cm³/mol. The van der Waals surface area contributed by atoms with Crippen LogP contribution in [0.25, 0.3) is 5.57 Å². The number of hydrogen-bond acceptors (Lipinski definition) is 1. The van der Waals surface area contributed by atoms with E-state index in [9.17, 15) is 0 Å². The fourth-order valence-corrected chi connectivity index (χ4v) is 5.17. The highest BCUT2D eigenvalue weighted by atomic mass is 19.1. The molecule has 0 spiro atoms. The highest BCUT2D eigenvalue weighted by Crippen LogP contribution is 2.53. The third kappa shape index (κ3) is 2.41. The van der Waals surface area contributed by atoms with Gasteiger partial charge in [-0.25, -0.2) is 4.39 Å². The van der Waals surface area contributed by atoms with Gasteiger partial charge in [-0.15, -0.1) is 0 Å². The van der Waals surface area contributed by atoms with Crippen LogP contribution in [0.3, 0.4) is 0 Å². The van der Waals surface area contributed by atoms with Gasteiger partial charge in [0.05, 0.1) is 0 Å². The molecule has 0 aromatic heterocycles. The van der Waals surface area contributed by atoms with Gasteiger partial charge >= 0.3 is 0 Å². The molecule has 2 heteroatoms. The Morgan fingerprint density at radius 2 is 1.50 bits per heavy atom. The molecule has 3 aromatic carbocycles. The van der Waals surface area contributed by atoms with E-state index in [-0.39, 0.29) is 11.9 Å². The summed E-state index contributed by atoms with van der Waals surface area (Å²) in [5.74, 6) is -0.0184. The molecule has 0 radical (unpaired) electrons. The number of rotatable bonds is 2. The van der Waals surface area contributed by atoms with Crippen LogP contribution in [-0.2, 0) is 12.0 Å². The van der Waals surface area contributed by atoms with Crippen LogP contribution in [0.15, 0.2) is 90.8 Å². The summed E-state index contributed by atoms with van der Waals surface area (Å²) >= 11 is 0. The fraction of sp³-hybridized carbons (Fsp3) is 0.231. The van der Waals surface area contributed by atoms with Crippen LogP contribution in [0.4, 0.5) is 4.39 Å². The van der Waals surface area contributed by atoms with Crippen molar-refractivity contribution in [2.24, 2.45) is 0 Å². The molecule has 2 atom stereocenters. The minimum absolute atomic E-state index is 0.0184. The van der Waals surface area contributed by atoms with Crippen molar-refractivity contribution >= 4 is 5.57 Å². The minimum atomic E-state index is -0.848. The Morgan fingerprint density at radius 3 is 2.25 bits per heavy atom. The van der Waals surface area contributed by atoms with Gasteiger partial charge < -0.3 is 0 Å². The zero-order valence-corrected chi connectivity index (χ0v) is 16.1. The van der Waals surface area contributed by atoms with Crippen LogP contribution in [0, 0.1) is 0 Å². The zero-order valence-electron chi connectivity index (χ0n) is 16.1. The Hall–Kier alpha value is -2.71. The van der Waals surface area contributed by atoms with Crippen molar-refractivity contribution in [1.82, 2.24) is 4.90 Å². The fourth-order valence-electron chi connectivity index (χ4n) is 5.17. The second-order valence-corrected chi connectivity index (χ2v) is 7.89. The number of hydrogen-bond donors (Lipinski definition) is 0. The van der Waals surface area contributed by atoms with E-state index in [1.165, 1.54) is 5.56 Å². The van der Waals surface area contributed by atoms with E-state index >= 15 is 4.39 Å². The summed E-state index contributed by atoms with van der Waals surface area (Å²) in [4.78, 5) is 2.38. The van der Waals surface area contributed by atoms with Crippen LogP contribution < -0.4 is 0 Å². The lowest BCUT2D eigenvalue weighted by Crippen LogP contribution is -2.57. The Kier molecular flexibility index (Phi) is 4.17. The quantitative estimate of drug-likeness (QED) is 0.539. The lowest BCUT2D eigenvalue weighted by Gasteiger charge is -2.53. The first-order valence-corrected chi connectivity index (χ1v) is 10.1. The second-order valence-electron chi connectivity index (χ2n) is 7.89. The van der Waals surface area contributed by atoms with Gasteiger partial charge in [-0.2, -0.15) is 0 Å². The minimum Gasteiger partial charge on any atom is -0.281 e. The lowest BCUT2D eigenvalue weighted by molar-refractivity contribution is 0.0677. The molecule has 3 aromatic rings. The van der Waals surface area contributed by atoms with Crippen LogP contribution in [0.5, 0.6) is 0 Å².